The van der Waals surface area contributed by atoms with Crippen molar-refractivity contribution in [2.45, 2.75) is 158 Å². The van der Waals surface area contributed by atoms with Crippen molar-refractivity contribution in [3.63, 3.8) is 0 Å². The fourth-order valence-corrected chi connectivity index (χ4v) is 14.6. The molecule has 1 heterocycles. The molecule has 5 saturated carbocycles. The number of amides is 2. The van der Waals surface area contributed by atoms with Crippen molar-refractivity contribution < 1.29 is 33.8 Å². The van der Waals surface area contributed by atoms with Crippen LogP contribution in [0.15, 0.2) is 16.5 Å². The van der Waals surface area contributed by atoms with Crippen molar-refractivity contribution in [2.75, 3.05) is 5.73 Å². The normalized spacial score (nSPS) is 39.2. The maximum absolute atomic E-state index is 14.3. The smallest absolute Gasteiger partial charge is 0.309 e. The number of carboxylic acid groups (broad SMARTS) is 1. The number of Topliss-reactive ketones (excluding diaryl/α,β-unsaturated/α-hetero) is 1. The Balaban J connectivity index is 1.14. The third-order valence-electron chi connectivity index (χ3n) is 17.6. The number of nitrogens with one attached hydrogen (secondary N) is 2. The lowest BCUT2D eigenvalue weighted by atomic mass is 9.33. The van der Waals surface area contributed by atoms with Crippen LogP contribution in [-0.4, -0.2) is 56.8 Å². The van der Waals surface area contributed by atoms with Crippen molar-refractivity contribution in [3.8, 4) is 0 Å². The molecule has 10 atom stereocenters. The zero-order chi connectivity index (χ0) is 42.1. The standard InChI is InChI=1S/C45H66N4O7S/c1-23(2)32-28(50)21-45(49-37(55)41(7,8)48-34(51)27-22-57-38(46)47-27)19-18-43(10)24(33(32)45)12-13-30-42(9)16-15-31(40(5,6)29(42)14-17-44(30,43)11)56-36(54)26-20-25(35(52)53)39(26,3)4/h22-26,29-31H,12-21H2,1-11H3,(H2,46,47)(H,48,51)(H,49,55)(H,52,53)/t24-,25+,26-,29+,30-,31+,42+,43-,44-,45-/m1/s1. The van der Waals surface area contributed by atoms with Crippen LogP contribution in [0.1, 0.15) is 151 Å². The Bertz CT molecular complexity index is 1930. The fourth-order valence-electron chi connectivity index (χ4n) is 14.1. The second-order valence-electron chi connectivity index (χ2n) is 21.7. The highest BCUT2D eigenvalue weighted by atomic mass is 32.1. The van der Waals surface area contributed by atoms with Gasteiger partial charge in [-0.25, -0.2) is 4.98 Å². The second kappa shape index (κ2) is 13.4. The number of aromatic nitrogens is 1. The molecule has 5 fully saturated rings. The van der Waals surface area contributed by atoms with E-state index in [-0.39, 0.29) is 74.5 Å². The minimum atomic E-state index is -1.27. The lowest BCUT2D eigenvalue weighted by Gasteiger charge is -2.72. The predicted molar refractivity (Wildman–Crippen MR) is 219 cm³/mol. The number of anilines is 1. The molecule has 0 aromatic carbocycles. The Morgan fingerprint density at radius 2 is 1.60 bits per heavy atom. The van der Waals surface area contributed by atoms with Crippen LogP contribution < -0.4 is 16.4 Å². The molecule has 1 aromatic heterocycles. The van der Waals surface area contributed by atoms with Gasteiger partial charge in [-0.15, -0.1) is 11.3 Å². The van der Waals surface area contributed by atoms with Crippen molar-refractivity contribution in [1.82, 2.24) is 15.6 Å². The van der Waals surface area contributed by atoms with Gasteiger partial charge in [0.25, 0.3) is 5.91 Å². The molecule has 2 amide bonds. The SMILES string of the molecule is CC(C)C1=C2[C@H]3CC[C@@H]4[C@@]5(C)CC[C@H](OC(=O)[C@H]6C[C@@H](C(=O)O)C6(C)C)C(C)(C)[C@@H]5CC[C@@]4(C)[C@]3(C)CC[C@@]2(NC(=O)C(C)(C)NC(=O)c2csc(N)n2)CC1=O. The minimum absolute atomic E-state index is 0.00885. The highest BCUT2D eigenvalue weighted by Gasteiger charge is 2.71. The molecule has 12 heteroatoms. The summed E-state index contributed by atoms with van der Waals surface area (Å²) in [4.78, 5) is 71.0. The van der Waals surface area contributed by atoms with Crippen LogP contribution >= 0.6 is 11.3 Å². The predicted octanol–water partition coefficient (Wildman–Crippen LogP) is 7.74. The first-order valence-electron chi connectivity index (χ1n) is 21.3. The molecule has 314 valence electrons. The quantitative estimate of drug-likeness (QED) is 0.191. The highest BCUT2D eigenvalue weighted by molar-refractivity contribution is 7.13. The largest absolute Gasteiger partial charge is 0.481 e. The molecule has 0 unspecified atom stereocenters. The van der Waals surface area contributed by atoms with E-state index in [9.17, 15) is 29.1 Å². The van der Waals surface area contributed by atoms with E-state index in [0.29, 0.717) is 24.7 Å². The number of thiazole rings is 1. The summed E-state index contributed by atoms with van der Waals surface area (Å²) in [5.74, 6) is -1.81. The Hall–Kier alpha value is -3.28. The Labute approximate surface area is 342 Å². The third-order valence-corrected chi connectivity index (χ3v) is 18.3. The first-order valence-corrected chi connectivity index (χ1v) is 22.2. The van der Waals surface area contributed by atoms with E-state index in [0.717, 1.165) is 56.1 Å². The number of carbonyl (C=O) groups is 5. The van der Waals surface area contributed by atoms with Gasteiger partial charge in [-0.05, 0) is 128 Å². The van der Waals surface area contributed by atoms with Crippen LogP contribution in [0, 0.1) is 62.6 Å². The Kier molecular flexibility index (Phi) is 9.82. The molecular weight excluding hydrogens is 741 g/mol. The highest BCUT2D eigenvalue weighted by Crippen LogP contribution is 2.76. The summed E-state index contributed by atoms with van der Waals surface area (Å²) in [5, 5.41) is 17.8. The zero-order valence-corrected chi connectivity index (χ0v) is 36.8. The first kappa shape index (κ1) is 41.9. The second-order valence-corrected chi connectivity index (χ2v) is 22.6. The molecule has 11 nitrogen and oxygen atoms in total. The topological polar surface area (TPSA) is 178 Å². The maximum atomic E-state index is 14.3. The van der Waals surface area contributed by atoms with Gasteiger partial charge in [-0.2, -0.15) is 0 Å². The number of hydrogen-bond donors (Lipinski definition) is 4. The van der Waals surface area contributed by atoms with Gasteiger partial charge in [0.05, 0.1) is 17.4 Å². The molecule has 0 spiro atoms. The number of allylic oxidation sites excluding steroid dienone is 1. The molecule has 7 rings (SSSR count). The molecule has 0 bridgehead atoms. The van der Waals surface area contributed by atoms with E-state index in [2.05, 4.69) is 64.1 Å². The number of aliphatic carboxylic acids is 1. The number of hydrogen-bond acceptors (Lipinski definition) is 9. The van der Waals surface area contributed by atoms with Crippen molar-refractivity contribution in [3.05, 3.63) is 22.2 Å². The van der Waals surface area contributed by atoms with Gasteiger partial charge in [-0.1, -0.05) is 62.3 Å². The fraction of sp³-hybridized carbons (Fsp3) is 0.778. The maximum Gasteiger partial charge on any atom is 0.309 e. The van der Waals surface area contributed by atoms with Gasteiger partial charge in [0, 0.05) is 17.2 Å². The molecular formula is C45H66N4O7S. The minimum Gasteiger partial charge on any atom is -0.481 e. The summed E-state index contributed by atoms with van der Waals surface area (Å²) in [6, 6.07) is 0. The Morgan fingerprint density at radius 3 is 2.19 bits per heavy atom. The van der Waals surface area contributed by atoms with Gasteiger partial charge >= 0.3 is 11.9 Å². The van der Waals surface area contributed by atoms with Crippen molar-refractivity contribution in [2.24, 2.45) is 62.6 Å². The van der Waals surface area contributed by atoms with Gasteiger partial charge in [0.15, 0.2) is 10.9 Å². The monoisotopic (exact) mass is 806 g/mol. The molecule has 6 aliphatic rings. The number of ether oxygens (including phenoxy) is 1. The summed E-state index contributed by atoms with van der Waals surface area (Å²) in [6.45, 7) is 23.4. The number of ketones is 1. The molecule has 0 radical (unpaired) electrons. The van der Waals surface area contributed by atoms with Crippen LogP contribution in [0.3, 0.4) is 0 Å². The zero-order valence-electron chi connectivity index (χ0n) is 36.0. The van der Waals surface area contributed by atoms with E-state index in [1.165, 1.54) is 11.3 Å². The van der Waals surface area contributed by atoms with Crippen LogP contribution in [0.5, 0.6) is 0 Å². The van der Waals surface area contributed by atoms with E-state index >= 15 is 0 Å². The van der Waals surface area contributed by atoms with E-state index < -0.39 is 40.2 Å². The summed E-state index contributed by atoms with van der Waals surface area (Å²) >= 11 is 1.17. The molecule has 6 aliphatic carbocycles. The number of carbonyl (C=O) groups excluding carboxylic acids is 4. The number of esters is 1. The summed E-state index contributed by atoms with van der Waals surface area (Å²) in [5.41, 5.74) is 4.86. The molecule has 0 aliphatic heterocycles. The van der Waals surface area contributed by atoms with E-state index in [4.69, 9.17) is 10.5 Å². The van der Waals surface area contributed by atoms with Crippen LogP contribution in [0.2, 0.25) is 0 Å². The molecule has 1 aromatic rings. The molecule has 5 N–H and O–H groups in total. The number of nitrogen functional groups attached to an aromatic ring is 1. The summed E-state index contributed by atoms with van der Waals surface area (Å²) < 4.78 is 6.40. The number of fused-ring (bicyclic) bond motifs is 7. The van der Waals surface area contributed by atoms with Gasteiger partial charge in [0.1, 0.15) is 17.3 Å². The number of carboxylic acids is 1. The lowest BCUT2D eigenvalue weighted by Crippen LogP contribution is -2.68. The number of nitrogens with two attached hydrogens (primary N) is 1. The van der Waals surface area contributed by atoms with Crippen LogP contribution in [0.25, 0.3) is 0 Å². The van der Waals surface area contributed by atoms with Crippen LogP contribution in [-0.2, 0) is 23.9 Å². The lowest BCUT2D eigenvalue weighted by molar-refractivity contribution is -0.235. The molecule has 57 heavy (non-hydrogen) atoms. The van der Waals surface area contributed by atoms with Gasteiger partial charge in [0.2, 0.25) is 5.91 Å². The van der Waals surface area contributed by atoms with E-state index in [1.54, 1.807) is 19.2 Å². The van der Waals surface area contributed by atoms with E-state index in [1.807, 2.05) is 13.8 Å². The van der Waals surface area contributed by atoms with Crippen molar-refractivity contribution in [1.29, 1.82) is 0 Å². The van der Waals surface area contributed by atoms with Gasteiger partial charge in [-0.3, -0.25) is 24.0 Å². The molecule has 0 saturated heterocycles. The average Bonchev–Trinajstić information content (AvgIpc) is 3.65. The first-order chi connectivity index (χ1) is 26.3. The van der Waals surface area contributed by atoms with Crippen molar-refractivity contribution >= 4 is 46.0 Å². The number of nitrogens with zero attached hydrogens (tertiary/aromatic N) is 1. The average molecular weight is 807 g/mol. The van der Waals surface area contributed by atoms with Gasteiger partial charge < -0.3 is 26.2 Å². The Morgan fingerprint density at radius 1 is 0.912 bits per heavy atom. The summed E-state index contributed by atoms with van der Waals surface area (Å²) in [6.07, 6.45) is 7.60. The third kappa shape index (κ3) is 6.05. The van der Waals surface area contributed by atoms with Crippen LogP contribution in [0.4, 0.5) is 5.13 Å². The summed E-state index contributed by atoms with van der Waals surface area (Å²) in [7, 11) is 0. The number of rotatable bonds is 8.